The molecule has 1 aliphatic heterocycles. The number of aliphatic carboxylic acids is 1. The van der Waals surface area contributed by atoms with Crippen molar-refractivity contribution in [2.45, 2.75) is 52.1 Å². The van der Waals surface area contributed by atoms with Crippen molar-refractivity contribution in [1.29, 1.82) is 0 Å². The van der Waals surface area contributed by atoms with E-state index in [0.29, 0.717) is 26.8 Å². The summed E-state index contributed by atoms with van der Waals surface area (Å²) in [7, 11) is -7.46. The fraction of sp³-hybridized carbons (Fsp3) is 0.452. The maximum atomic E-state index is 14.2. The van der Waals surface area contributed by atoms with Crippen LogP contribution in [0.3, 0.4) is 0 Å². The molecule has 2 aromatic carbocycles. The number of anilines is 1. The number of alkyl halides is 3. The molecule has 314 valence electrons. The van der Waals surface area contributed by atoms with E-state index in [1.807, 2.05) is 5.32 Å². The van der Waals surface area contributed by atoms with Gasteiger partial charge >= 0.3 is 34.4 Å². The molecule has 0 bridgehead atoms. The molecule has 4 N–H and O–H groups in total. The molecule has 1 aliphatic rings. The summed E-state index contributed by atoms with van der Waals surface area (Å²) < 4.78 is 82.2. The van der Waals surface area contributed by atoms with Gasteiger partial charge in [0, 0.05) is 17.5 Å². The van der Waals surface area contributed by atoms with Crippen molar-refractivity contribution in [3.8, 4) is 5.69 Å². The smallest absolute Gasteiger partial charge is 0.355 e. The number of fused-ring (bicyclic) bond motifs is 1. The molecule has 25 heteroatoms. The number of aryl methyl sites for hydroxylation is 1. The number of ether oxygens (including phenoxy) is 1. The number of amides is 1. The van der Waals surface area contributed by atoms with Crippen LogP contribution in [-0.2, 0) is 46.4 Å². The Balaban J connectivity index is 0.000000442. The quantitative estimate of drug-likeness (QED) is 0.0938. The molecule has 56 heavy (non-hydrogen) atoms. The number of benzene rings is 2. The Kier molecular flexibility index (Phi) is 20.1. The Labute approximate surface area is 333 Å². The topological polar surface area (TPSA) is 242 Å². The van der Waals surface area contributed by atoms with E-state index in [1.165, 1.54) is 6.92 Å². The summed E-state index contributed by atoms with van der Waals surface area (Å²) in [5.41, 5.74) is -0.648. The lowest BCUT2D eigenvalue weighted by atomic mass is 10.1. The van der Waals surface area contributed by atoms with Crippen LogP contribution in [0.5, 0.6) is 0 Å². The van der Waals surface area contributed by atoms with Crippen molar-refractivity contribution in [2.24, 2.45) is 0 Å². The lowest BCUT2D eigenvalue weighted by molar-refractivity contribution is -0.193. The van der Waals surface area contributed by atoms with Gasteiger partial charge in [0.05, 0.1) is 49.5 Å². The van der Waals surface area contributed by atoms with E-state index >= 15 is 0 Å². The minimum atomic E-state index is -4.35. The van der Waals surface area contributed by atoms with Gasteiger partial charge in [-0.15, -0.1) is 16.7 Å². The van der Waals surface area contributed by atoms with Crippen LogP contribution in [0.4, 0.5) is 18.9 Å². The minimum absolute atomic E-state index is 0.0424. The molecule has 2 atom stereocenters. The van der Waals surface area contributed by atoms with Crippen LogP contribution >= 0.6 is 30.8 Å². The van der Waals surface area contributed by atoms with E-state index in [4.69, 9.17) is 37.9 Å². The number of carbonyl (C=O) groups excluding carboxylic acids is 2. The van der Waals surface area contributed by atoms with Gasteiger partial charge in [0.25, 0.3) is 5.91 Å². The number of aromatic nitrogens is 3. The van der Waals surface area contributed by atoms with Crippen LogP contribution in [0.1, 0.15) is 49.1 Å². The minimum Gasteiger partial charge on any atom is -0.778 e. The number of rotatable bonds is 11. The zero-order valence-electron chi connectivity index (χ0n) is 31.0. The molecule has 4 rings (SSSR count). The van der Waals surface area contributed by atoms with Gasteiger partial charge in [0.15, 0.2) is 5.82 Å². The van der Waals surface area contributed by atoms with Crippen molar-refractivity contribution in [1.82, 2.24) is 24.0 Å². The molecule has 1 aromatic heterocycles. The number of carbonyl (C=O) groups is 3. The first-order valence-electron chi connectivity index (χ1n) is 15.9. The highest BCUT2D eigenvalue weighted by Gasteiger charge is 2.37. The van der Waals surface area contributed by atoms with Crippen molar-refractivity contribution in [2.75, 3.05) is 42.9 Å². The van der Waals surface area contributed by atoms with Crippen LogP contribution in [0.15, 0.2) is 41.2 Å². The van der Waals surface area contributed by atoms with E-state index in [0.717, 1.165) is 16.4 Å². The number of para-hydroxylation sites is 1. The fourth-order valence-electron chi connectivity index (χ4n) is 4.26. The Hall–Kier alpha value is -3.63. The second-order valence-electron chi connectivity index (χ2n) is 11.9. The summed E-state index contributed by atoms with van der Waals surface area (Å²) in [6.07, 6.45) is 5.76. The van der Waals surface area contributed by atoms with E-state index in [1.54, 1.807) is 45.0 Å². The predicted octanol–water partition coefficient (Wildman–Crippen LogP) is 3.11. The van der Waals surface area contributed by atoms with Crippen molar-refractivity contribution >= 4 is 75.4 Å². The van der Waals surface area contributed by atoms with Gasteiger partial charge in [-0.05, 0) is 68.4 Å². The van der Waals surface area contributed by atoms with Crippen LogP contribution in [0.2, 0.25) is 5.02 Å². The summed E-state index contributed by atoms with van der Waals surface area (Å²) >= 11 is 11.9. The molecule has 0 radical (unpaired) electrons. The highest BCUT2D eigenvalue weighted by Crippen LogP contribution is 2.28. The van der Waals surface area contributed by atoms with Gasteiger partial charge < -0.3 is 24.2 Å². The third kappa shape index (κ3) is 15.7. The molecule has 1 amide bonds. The van der Waals surface area contributed by atoms with Crippen molar-refractivity contribution in [3.63, 3.8) is 0 Å². The number of carboxylic acids is 1. The highest BCUT2D eigenvalue weighted by atomic mass is 35.5. The monoisotopic (exact) mass is 896 g/mol. The summed E-state index contributed by atoms with van der Waals surface area (Å²) in [6, 6.07) is 8.18. The largest absolute Gasteiger partial charge is 0.778 e. The maximum Gasteiger partial charge on any atom is 0.355 e. The van der Waals surface area contributed by atoms with Crippen molar-refractivity contribution in [3.05, 3.63) is 74.7 Å². The number of nitrogens with zero attached hydrogens (tertiary/aromatic N) is 4. The number of hydrogen-bond acceptors (Lipinski definition) is 11. The van der Waals surface area contributed by atoms with Crippen LogP contribution in [0, 0.1) is 12.7 Å². The van der Waals surface area contributed by atoms with Gasteiger partial charge in [-0.25, -0.2) is 18.1 Å². The molecular weight excluding hydrogens is 855 g/mol. The molecular formula is C31H42Cl2F3N6O11PS2. The first-order valence-corrected chi connectivity index (χ1v) is 22.4. The molecule has 0 aliphatic carbocycles. The molecule has 2 unspecified atom stereocenters. The first kappa shape index (κ1) is 50.4. The highest BCUT2D eigenvalue weighted by molar-refractivity contribution is 7.94. The molecule has 2 heterocycles. The Morgan fingerprint density at radius 2 is 1.73 bits per heavy atom. The lowest BCUT2D eigenvalue weighted by Crippen LogP contribution is -2.48. The normalized spacial score (nSPS) is 14.5. The molecule has 0 saturated heterocycles. The summed E-state index contributed by atoms with van der Waals surface area (Å²) in [5, 5.41) is 12.5. The molecule has 0 spiro atoms. The van der Waals surface area contributed by atoms with E-state index in [-0.39, 0.29) is 39.7 Å². The zero-order chi connectivity index (χ0) is 43.3. The molecule has 0 fully saturated rings. The van der Waals surface area contributed by atoms with Crippen LogP contribution in [-0.4, -0.2) is 105 Å². The second-order valence-corrected chi connectivity index (χ2v) is 18.4. The third-order valence-corrected chi connectivity index (χ3v) is 9.26. The summed E-state index contributed by atoms with van der Waals surface area (Å²) in [6.45, 7) is 2.64. The second kappa shape index (κ2) is 22.3. The average molecular weight is 898 g/mol. The van der Waals surface area contributed by atoms with Gasteiger partial charge in [-0.3, -0.25) is 24.4 Å². The van der Waals surface area contributed by atoms with Gasteiger partial charge in [0.2, 0.25) is 0 Å². The standard InChI is InChI=1S/C15H14Cl2F3N3O3.C10H12N2O3S.C3H8NO5P.C3H9S/c1-3-26-13(24)10(17)4-8-5-12(11(18)6-9(8)16)23-15(25)22(14(19)20)7(2)21-23;1-7(2)12-10(13)8-5-3-4-6-9(8)11-16(12,14)15;5-3(6)1-4-2-10(7,8)9;1-4(2)3/h5-6,10,14H,3-4H2,1-2H3;3-7,11H,1-2H3;4H,1-2H2,(H,5,6)(H2,7,8,9);1-3H3/q;;;+1/p-1. The predicted molar refractivity (Wildman–Crippen MR) is 205 cm³/mol. The zero-order valence-corrected chi connectivity index (χ0v) is 35.1. The number of esters is 1. The Bertz CT molecular complexity index is 2050. The van der Waals surface area contributed by atoms with E-state index in [9.17, 15) is 50.2 Å². The number of carboxylic acid groups (broad SMARTS) is 1. The molecule has 0 saturated carbocycles. The molecule has 3 aromatic rings. The third-order valence-electron chi connectivity index (χ3n) is 6.37. The fourth-order valence-corrected chi connectivity index (χ4v) is 6.53. The maximum absolute atomic E-state index is 14.2. The van der Waals surface area contributed by atoms with E-state index < -0.39 is 78.0 Å². The SMILES string of the molecule is CC(C)N1C(=O)c2ccccc2NS1(=O)=O.CCOC(=O)C(Cl)Cc1cc(-n2nc(C)n(C(F)F)c2=O)c(F)cc1Cl.C[S+](C)C.O=C(O)CNCP(=O)([O-])O. The van der Waals surface area contributed by atoms with Gasteiger partial charge in [-0.2, -0.15) is 21.9 Å². The average Bonchev–Trinajstić information content (AvgIpc) is 3.34. The number of hydrogen-bond donors (Lipinski definition) is 4. The lowest BCUT2D eigenvalue weighted by Gasteiger charge is -2.31. The van der Waals surface area contributed by atoms with Gasteiger partial charge in [-0.1, -0.05) is 23.7 Å². The Morgan fingerprint density at radius 3 is 2.21 bits per heavy atom. The number of nitrogens with one attached hydrogen (secondary N) is 2. The van der Waals surface area contributed by atoms with E-state index in [2.05, 4.69) is 28.6 Å². The van der Waals surface area contributed by atoms with Gasteiger partial charge in [0.1, 0.15) is 24.5 Å². The Morgan fingerprint density at radius 1 is 1.16 bits per heavy atom. The van der Waals surface area contributed by atoms with Crippen LogP contribution < -0.4 is 20.6 Å². The summed E-state index contributed by atoms with van der Waals surface area (Å²) in [5.74, 6) is -3.58. The van der Waals surface area contributed by atoms with Crippen molar-refractivity contribution < 1.29 is 60.2 Å². The first-order chi connectivity index (χ1) is 25.7. The molecule has 17 nitrogen and oxygen atoms in total. The summed E-state index contributed by atoms with van der Waals surface area (Å²) in [4.78, 5) is 63.5. The van der Waals surface area contributed by atoms with Crippen LogP contribution in [0.25, 0.3) is 5.69 Å². The number of halogens is 5.